The number of thiazole rings is 1. The zero-order valence-electron chi connectivity index (χ0n) is 18.3. The van der Waals surface area contributed by atoms with Crippen LogP contribution in [0.3, 0.4) is 0 Å². The van der Waals surface area contributed by atoms with Crippen molar-refractivity contribution in [3.8, 4) is 5.75 Å². The molecule has 34 heavy (non-hydrogen) atoms. The first-order valence-electron chi connectivity index (χ1n) is 10.6. The molecule has 6 N–H and O–H groups in total. The zero-order chi connectivity index (χ0) is 24.5. The van der Waals surface area contributed by atoms with Gasteiger partial charge in [-0.05, 0) is 36.1 Å². The highest BCUT2D eigenvalue weighted by molar-refractivity contribution is 7.09. The number of nitrogens with zero attached hydrogens (tertiary/aromatic N) is 1. The van der Waals surface area contributed by atoms with Gasteiger partial charge in [0.05, 0.1) is 6.04 Å². The van der Waals surface area contributed by atoms with Crippen molar-refractivity contribution in [2.45, 2.75) is 38.0 Å². The number of ether oxygens (including phenoxy) is 1. The van der Waals surface area contributed by atoms with Crippen LogP contribution in [-0.4, -0.2) is 33.9 Å². The molecule has 0 saturated heterocycles. The van der Waals surface area contributed by atoms with Gasteiger partial charge >= 0.3 is 5.97 Å². The van der Waals surface area contributed by atoms with E-state index in [4.69, 9.17) is 21.3 Å². The fraction of sp³-hybridized carbons (Fsp3) is 0.250. The molecule has 0 bridgehead atoms. The van der Waals surface area contributed by atoms with Crippen LogP contribution < -0.4 is 21.5 Å². The Morgan fingerprint density at radius 2 is 1.76 bits per heavy atom. The molecule has 1 heterocycles. The first-order chi connectivity index (χ1) is 16.3. The van der Waals surface area contributed by atoms with Crippen molar-refractivity contribution < 1.29 is 24.2 Å². The predicted octanol–water partition coefficient (Wildman–Crippen LogP) is 2.41. The third-order valence-electron chi connectivity index (χ3n) is 4.99. The Bertz CT molecular complexity index is 1120. The third kappa shape index (κ3) is 7.39. The number of benzene rings is 2. The number of aliphatic carboxylic acids is 1. The summed E-state index contributed by atoms with van der Waals surface area (Å²) in [7, 11) is 0. The molecule has 0 aliphatic carbocycles. The van der Waals surface area contributed by atoms with Gasteiger partial charge in [-0.15, -0.1) is 11.3 Å². The molecule has 0 fully saturated rings. The van der Waals surface area contributed by atoms with Crippen molar-refractivity contribution in [2.75, 3.05) is 0 Å². The summed E-state index contributed by atoms with van der Waals surface area (Å²) in [5, 5.41) is 13.3. The molecule has 2 atom stereocenters. The highest BCUT2D eigenvalue weighted by atomic mass is 32.1. The van der Waals surface area contributed by atoms with Crippen molar-refractivity contribution >= 4 is 29.1 Å². The summed E-state index contributed by atoms with van der Waals surface area (Å²) in [6.45, 7) is 0.483. The second kappa shape index (κ2) is 11.9. The number of carboxylic acids is 1. The maximum Gasteiger partial charge on any atom is 0.303 e. The molecule has 0 saturated carbocycles. The van der Waals surface area contributed by atoms with Gasteiger partial charge in [0.2, 0.25) is 5.91 Å². The van der Waals surface area contributed by atoms with Gasteiger partial charge in [-0.3, -0.25) is 14.4 Å². The lowest BCUT2D eigenvalue weighted by Crippen LogP contribution is -2.44. The number of primary amides is 1. The average molecular weight is 483 g/mol. The number of carbonyl (C=O) groups is 3. The molecule has 1 aromatic heterocycles. The van der Waals surface area contributed by atoms with Gasteiger partial charge in [0.15, 0.2) is 0 Å². The number of aromatic nitrogens is 1. The molecule has 2 unspecified atom stereocenters. The Morgan fingerprint density at radius 3 is 2.41 bits per heavy atom. The number of rotatable bonds is 12. The van der Waals surface area contributed by atoms with E-state index in [9.17, 15) is 14.4 Å². The highest BCUT2D eigenvalue weighted by Crippen LogP contribution is 2.22. The molecule has 0 radical (unpaired) electrons. The summed E-state index contributed by atoms with van der Waals surface area (Å²) in [6, 6.07) is 16.0. The van der Waals surface area contributed by atoms with Crippen LogP contribution in [0.5, 0.6) is 5.75 Å². The third-order valence-corrected chi connectivity index (χ3v) is 5.97. The Morgan fingerprint density at radius 1 is 1.06 bits per heavy atom. The molecule has 2 aromatic carbocycles. The Hall–Kier alpha value is -3.76. The summed E-state index contributed by atoms with van der Waals surface area (Å²) < 4.78 is 5.79. The van der Waals surface area contributed by atoms with Crippen LogP contribution in [0.25, 0.3) is 0 Å². The van der Waals surface area contributed by atoms with Gasteiger partial charge in [0.1, 0.15) is 29.1 Å². The molecule has 0 spiro atoms. The molecule has 178 valence electrons. The molecule has 9 nitrogen and oxygen atoms in total. The van der Waals surface area contributed by atoms with E-state index in [0.29, 0.717) is 18.0 Å². The van der Waals surface area contributed by atoms with E-state index < -0.39 is 29.9 Å². The standard InChI is InChI=1S/C24H26N4O5S/c25-18(12-15-6-8-17(9-7-15)33-13-16-4-2-1-3-5-16)24-28-20(14-34-24)23(32)27-19(22(26)31)10-11-21(29)30/h1-9,14,18-19H,10-13,25H2,(H2,26,31)(H,27,32)(H,29,30). The molecule has 2 amide bonds. The lowest BCUT2D eigenvalue weighted by atomic mass is 10.1. The van der Waals surface area contributed by atoms with E-state index in [1.54, 1.807) is 5.38 Å². The molecule has 0 aliphatic rings. The summed E-state index contributed by atoms with van der Waals surface area (Å²) in [6.07, 6.45) is 0.116. The quantitative estimate of drug-likeness (QED) is 0.309. The van der Waals surface area contributed by atoms with Crippen molar-refractivity contribution in [1.29, 1.82) is 0 Å². The second-order valence-electron chi connectivity index (χ2n) is 7.66. The molecular formula is C24H26N4O5S. The van der Waals surface area contributed by atoms with Crippen molar-refractivity contribution in [2.24, 2.45) is 11.5 Å². The van der Waals surface area contributed by atoms with Crippen LogP contribution in [0.4, 0.5) is 0 Å². The largest absolute Gasteiger partial charge is 0.489 e. The van der Waals surface area contributed by atoms with Crippen molar-refractivity contribution in [3.05, 3.63) is 81.8 Å². The number of carbonyl (C=O) groups excluding carboxylic acids is 2. The number of nitrogens with one attached hydrogen (secondary N) is 1. The van der Waals surface area contributed by atoms with E-state index in [1.807, 2.05) is 54.6 Å². The normalized spacial score (nSPS) is 12.5. The summed E-state index contributed by atoms with van der Waals surface area (Å²) in [4.78, 5) is 38.9. The van der Waals surface area contributed by atoms with Gasteiger partial charge in [-0.25, -0.2) is 4.98 Å². The Balaban J connectivity index is 1.54. The minimum absolute atomic E-state index is 0.0988. The van der Waals surface area contributed by atoms with Crippen molar-refractivity contribution in [1.82, 2.24) is 10.3 Å². The van der Waals surface area contributed by atoms with Gasteiger partial charge in [0, 0.05) is 11.8 Å². The van der Waals surface area contributed by atoms with Crippen LogP contribution in [0.1, 0.15) is 45.5 Å². The first-order valence-corrected chi connectivity index (χ1v) is 11.5. The van der Waals surface area contributed by atoms with Crippen LogP contribution in [0, 0.1) is 0 Å². The maximum atomic E-state index is 12.4. The SMILES string of the molecule is NC(=O)C(CCC(=O)O)NC(=O)c1csc(C(N)Cc2ccc(OCc3ccccc3)cc2)n1. The number of hydrogen-bond donors (Lipinski definition) is 4. The number of hydrogen-bond acceptors (Lipinski definition) is 7. The van der Waals surface area contributed by atoms with Crippen LogP contribution in [-0.2, 0) is 22.6 Å². The summed E-state index contributed by atoms with van der Waals surface area (Å²) >= 11 is 1.24. The number of carboxylic acid groups (broad SMARTS) is 1. The van der Waals surface area contributed by atoms with Gasteiger partial charge in [-0.1, -0.05) is 42.5 Å². The van der Waals surface area contributed by atoms with E-state index in [-0.39, 0.29) is 18.5 Å². The van der Waals surface area contributed by atoms with Gasteiger partial charge < -0.3 is 26.6 Å². The fourth-order valence-electron chi connectivity index (χ4n) is 3.15. The van der Waals surface area contributed by atoms with E-state index >= 15 is 0 Å². The Kier molecular flexibility index (Phi) is 8.72. The van der Waals surface area contributed by atoms with Gasteiger partial charge in [-0.2, -0.15) is 0 Å². The van der Waals surface area contributed by atoms with Crippen molar-refractivity contribution in [3.63, 3.8) is 0 Å². The van der Waals surface area contributed by atoms with Crippen LogP contribution in [0.2, 0.25) is 0 Å². The van der Waals surface area contributed by atoms with Crippen LogP contribution in [0.15, 0.2) is 60.0 Å². The maximum absolute atomic E-state index is 12.4. The van der Waals surface area contributed by atoms with E-state index in [1.165, 1.54) is 11.3 Å². The first kappa shape index (κ1) is 24.9. The number of amides is 2. The van der Waals surface area contributed by atoms with Gasteiger partial charge in [0.25, 0.3) is 5.91 Å². The summed E-state index contributed by atoms with van der Waals surface area (Å²) in [5.41, 5.74) is 13.7. The number of nitrogens with two attached hydrogens (primary N) is 2. The predicted molar refractivity (Wildman–Crippen MR) is 127 cm³/mol. The zero-order valence-corrected chi connectivity index (χ0v) is 19.2. The lowest BCUT2D eigenvalue weighted by molar-refractivity contribution is -0.137. The minimum Gasteiger partial charge on any atom is -0.489 e. The summed E-state index contributed by atoms with van der Waals surface area (Å²) in [5.74, 6) is -1.75. The fourth-order valence-corrected chi connectivity index (χ4v) is 3.95. The molecule has 0 aliphatic heterocycles. The minimum atomic E-state index is -1.09. The monoisotopic (exact) mass is 482 g/mol. The highest BCUT2D eigenvalue weighted by Gasteiger charge is 2.22. The average Bonchev–Trinajstić information content (AvgIpc) is 3.32. The van der Waals surface area contributed by atoms with E-state index in [0.717, 1.165) is 16.9 Å². The lowest BCUT2D eigenvalue weighted by Gasteiger charge is -2.13. The molecule has 3 aromatic rings. The molecule has 3 rings (SSSR count). The smallest absolute Gasteiger partial charge is 0.303 e. The molecular weight excluding hydrogens is 456 g/mol. The topological polar surface area (TPSA) is 158 Å². The van der Waals surface area contributed by atoms with Crippen LogP contribution >= 0.6 is 11.3 Å². The second-order valence-corrected chi connectivity index (χ2v) is 8.55. The molecule has 10 heteroatoms. The Labute approximate surface area is 200 Å². The van der Waals surface area contributed by atoms with E-state index in [2.05, 4.69) is 10.3 Å².